The molecule has 0 aliphatic heterocycles. The summed E-state index contributed by atoms with van der Waals surface area (Å²) in [6.07, 6.45) is -3.15. The maximum atomic E-state index is 16.1. The van der Waals surface area contributed by atoms with E-state index in [1.165, 1.54) is 24.3 Å². The van der Waals surface area contributed by atoms with Crippen LogP contribution in [0, 0.1) is 31.8 Å². The Hall–Kier alpha value is -7.62. The Kier molecular flexibility index (Phi) is 19.4. The van der Waals surface area contributed by atoms with E-state index >= 15 is 9.13 Å². The van der Waals surface area contributed by atoms with Crippen molar-refractivity contribution in [2.75, 3.05) is 0 Å². The van der Waals surface area contributed by atoms with Crippen LogP contribution in [-0.4, -0.2) is 36.1 Å². The minimum atomic E-state index is -3.79. The van der Waals surface area contributed by atoms with Gasteiger partial charge in [0.25, 0.3) is 0 Å². The summed E-state index contributed by atoms with van der Waals surface area (Å²) in [5.74, 6) is -2.43. The maximum absolute atomic E-state index is 16.1. The molecule has 0 aliphatic carbocycles. The lowest BCUT2D eigenvalue weighted by Gasteiger charge is -2.30. The van der Waals surface area contributed by atoms with Crippen molar-refractivity contribution >= 4 is 115 Å². The highest BCUT2D eigenvalue weighted by Crippen LogP contribution is 2.51. The average molecular weight is 1410 g/mol. The van der Waals surface area contributed by atoms with Gasteiger partial charge in [0, 0.05) is 32.0 Å². The van der Waals surface area contributed by atoms with Crippen LogP contribution in [0.4, 0.5) is 0 Å². The van der Waals surface area contributed by atoms with Gasteiger partial charge in [-0.25, -0.2) is 19.2 Å². The number of esters is 4. The van der Waals surface area contributed by atoms with Gasteiger partial charge in [0.1, 0.15) is 34.5 Å². The SMILES string of the molecule is Cc1ccc(Oc2ccc(OC(=O)[C@H](OC(=O)c3ccccc3C(=O)O[C@@H](C(=O)Oc3ccc(Oc4ccc(C)cc4)c(P(=O)(c4ccccc4)c4ccccc4)c3I)C(C)(C)C)C(C)(C)C)c(I)c2P(=O)(c2ccccc2)c2ccccc2)cc1. The van der Waals surface area contributed by atoms with Gasteiger partial charge in [-0.1, -0.05) is 210 Å². The number of hydrogen-bond acceptors (Lipinski definition) is 12. The van der Waals surface area contributed by atoms with Gasteiger partial charge in [0.15, 0.2) is 14.3 Å². The van der Waals surface area contributed by atoms with Crippen molar-refractivity contribution in [1.82, 2.24) is 0 Å². The number of carbonyl (C=O) groups excluding carboxylic acids is 4. The molecule has 86 heavy (non-hydrogen) atoms. The van der Waals surface area contributed by atoms with Gasteiger partial charge in [0.05, 0.1) is 28.9 Å². The van der Waals surface area contributed by atoms with Gasteiger partial charge in [-0.05, 0) is 120 Å². The first-order valence-corrected chi connectivity index (χ1v) is 33.1. The fourth-order valence-electron chi connectivity index (χ4n) is 9.46. The molecule has 0 radical (unpaired) electrons. The minimum absolute atomic E-state index is 0.0298. The van der Waals surface area contributed by atoms with E-state index in [1.54, 1.807) is 163 Å². The van der Waals surface area contributed by atoms with Gasteiger partial charge >= 0.3 is 23.9 Å². The fourth-order valence-corrected chi connectivity index (χ4v) is 18.2. The summed E-state index contributed by atoms with van der Waals surface area (Å²) < 4.78 is 70.4. The lowest BCUT2D eigenvalue weighted by Crippen LogP contribution is -2.42. The molecule has 0 unspecified atom stereocenters. The second-order valence-corrected chi connectivity index (χ2v) is 30.1. The fraction of sp³-hybridized carbons (Fsp3) is 0.171. The predicted molar refractivity (Wildman–Crippen MR) is 355 cm³/mol. The second kappa shape index (κ2) is 26.6. The molecule has 0 spiro atoms. The Morgan fingerprint density at radius 1 is 0.372 bits per heavy atom. The molecule has 12 nitrogen and oxygen atoms in total. The molecule has 0 N–H and O–H groups in total. The van der Waals surface area contributed by atoms with Crippen LogP contribution in [-0.2, 0) is 28.2 Å². The van der Waals surface area contributed by atoms with Crippen LogP contribution in [0.1, 0.15) is 73.4 Å². The summed E-state index contributed by atoms with van der Waals surface area (Å²) in [7, 11) is -7.58. The van der Waals surface area contributed by atoms with Gasteiger partial charge in [-0.3, -0.25) is 0 Å². The van der Waals surface area contributed by atoms with E-state index in [4.69, 9.17) is 28.4 Å². The zero-order chi connectivity index (χ0) is 61.6. The number of hydrogen-bond donors (Lipinski definition) is 0. The summed E-state index contributed by atoms with van der Waals surface area (Å²) in [5.41, 5.74) is -0.664. The zero-order valence-electron chi connectivity index (χ0n) is 48.5. The first-order valence-electron chi connectivity index (χ1n) is 27.5. The highest BCUT2D eigenvalue weighted by molar-refractivity contribution is 14.1. The third kappa shape index (κ3) is 13.8. The molecule has 0 aromatic heterocycles. The molecule has 0 heterocycles. The molecule has 9 aromatic rings. The second-order valence-electron chi connectivity index (χ2n) is 22.5. The lowest BCUT2D eigenvalue weighted by molar-refractivity contribution is -0.151. The maximum Gasteiger partial charge on any atom is 0.353 e. The third-order valence-electron chi connectivity index (χ3n) is 13.9. The average Bonchev–Trinajstić information content (AvgIpc) is 1.39. The molecular formula is C70H62I2O12P2. The zero-order valence-corrected chi connectivity index (χ0v) is 54.6. The van der Waals surface area contributed by atoms with Crippen molar-refractivity contribution in [1.29, 1.82) is 0 Å². The quantitative estimate of drug-likeness (QED) is 0.0347. The summed E-state index contributed by atoms with van der Waals surface area (Å²) >= 11 is 4.04. The molecule has 2 atom stereocenters. The van der Waals surface area contributed by atoms with Gasteiger partial charge in [-0.2, -0.15) is 0 Å². The topological polar surface area (TPSA) is 158 Å². The van der Waals surface area contributed by atoms with E-state index in [9.17, 15) is 19.2 Å². The van der Waals surface area contributed by atoms with Crippen LogP contribution in [0.5, 0.6) is 34.5 Å². The first kappa shape index (κ1) is 62.9. The number of rotatable bonds is 18. The van der Waals surface area contributed by atoms with Gasteiger partial charge in [0.2, 0.25) is 12.2 Å². The van der Waals surface area contributed by atoms with E-state index in [0.717, 1.165) is 11.1 Å². The van der Waals surface area contributed by atoms with Crippen molar-refractivity contribution in [2.45, 2.75) is 67.6 Å². The highest BCUT2D eigenvalue weighted by atomic mass is 127. The highest BCUT2D eigenvalue weighted by Gasteiger charge is 2.43. The summed E-state index contributed by atoms with van der Waals surface area (Å²) in [6, 6.07) is 63.0. The minimum Gasteiger partial charge on any atom is -0.457 e. The van der Waals surface area contributed by atoms with E-state index in [0.29, 0.717) is 39.9 Å². The smallest absolute Gasteiger partial charge is 0.353 e. The Balaban J connectivity index is 1.01. The van der Waals surface area contributed by atoms with E-state index in [1.807, 2.05) is 132 Å². The number of halogens is 2. The summed E-state index contributed by atoms with van der Waals surface area (Å²) in [4.78, 5) is 58.4. The Bertz CT molecular complexity index is 3690. The lowest BCUT2D eigenvalue weighted by atomic mass is 9.88. The number of aryl methyl sites for hydroxylation is 2. The molecule has 0 bridgehead atoms. The molecule has 0 saturated carbocycles. The van der Waals surface area contributed by atoms with Crippen LogP contribution in [0.15, 0.2) is 218 Å². The predicted octanol–water partition coefficient (Wildman–Crippen LogP) is 14.7. The molecule has 0 amide bonds. The normalized spacial score (nSPS) is 12.5. The van der Waals surface area contributed by atoms with E-state index in [-0.39, 0.29) is 44.7 Å². The monoisotopic (exact) mass is 1410 g/mol. The van der Waals surface area contributed by atoms with Gasteiger partial charge in [-0.15, -0.1) is 0 Å². The molecule has 0 saturated heterocycles. The van der Waals surface area contributed by atoms with Crippen molar-refractivity contribution in [3.8, 4) is 34.5 Å². The van der Waals surface area contributed by atoms with Crippen LogP contribution < -0.4 is 50.8 Å². The third-order valence-corrected chi connectivity index (χ3v) is 23.2. The van der Waals surface area contributed by atoms with Crippen LogP contribution >= 0.6 is 59.5 Å². The largest absolute Gasteiger partial charge is 0.457 e. The van der Waals surface area contributed by atoms with Crippen molar-refractivity contribution < 1.29 is 56.7 Å². The molecule has 9 aromatic carbocycles. The van der Waals surface area contributed by atoms with E-state index in [2.05, 4.69) is 0 Å². The number of benzene rings is 9. The van der Waals surface area contributed by atoms with Crippen molar-refractivity contribution in [2.24, 2.45) is 10.8 Å². The molecule has 438 valence electrons. The number of carbonyl (C=O) groups is 4. The molecular weight excluding hydrogens is 1350 g/mol. The van der Waals surface area contributed by atoms with Crippen LogP contribution in [0.2, 0.25) is 0 Å². The number of ether oxygens (including phenoxy) is 6. The Morgan fingerprint density at radius 2 is 0.640 bits per heavy atom. The molecule has 0 aliphatic rings. The van der Waals surface area contributed by atoms with Crippen LogP contribution in [0.3, 0.4) is 0 Å². The van der Waals surface area contributed by atoms with E-state index < -0.39 is 61.2 Å². The summed E-state index contributed by atoms with van der Waals surface area (Å²) in [6.45, 7) is 14.1. The van der Waals surface area contributed by atoms with Crippen molar-refractivity contribution in [3.05, 3.63) is 248 Å². The Morgan fingerprint density at radius 3 is 0.919 bits per heavy atom. The standard InChI is InChI=1S/C70H62I2O12P2/c1-45-33-37-47(38-34-45)79-57-43-41-55(59(71)61(57)85(77,49-23-13-9-14-24-49)50-25-15-10-16-26-50)81-67(75)63(69(3,4)5)83-65(73)53-31-21-22-32-54(53)66(74)84-64(70(6,7)8)68(76)82-56-42-44-58(80-48-39-35-46(2)36-40-48)62(60(56)72)86(78,51-27-17-11-18-28-51)52-29-19-12-20-30-52/h9-44,63-64H,1-8H3/t63-,64-/m0/s1. The molecule has 9 rings (SSSR count). The van der Waals surface area contributed by atoms with Crippen molar-refractivity contribution in [3.63, 3.8) is 0 Å². The Labute approximate surface area is 528 Å². The molecule has 16 heteroatoms. The van der Waals surface area contributed by atoms with Gasteiger partial charge < -0.3 is 37.6 Å². The molecule has 0 fully saturated rings. The van der Waals surface area contributed by atoms with Crippen LogP contribution in [0.25, 0.3) is 0 Å². The summed E-state index contributed by atoms with van der Waals surface area (Å²) in [5, 5.41) is 2.63. The first-order chi connectivity index (χ1) is 41.0.